The molecule has 0 aromatic carbocycles. The average Bonchev–Trinajstić information content (AvgIpc) is 3.46. The van der Waals surface area contributed by atoms with Crippen LogP contribution in [0.5, 0.6) is 0 Å². The number of rotatable bonds is 35. The number of esters is 4. The van der Waals surface area contributed by atoms with E-state index in [9.17, 15) is 19.2 Å². The molecule has 1 aliphatic rings. The van der Waals surface area contributed by atoms with E-state index in [1.165, 1.54) is 77.0 Å². The first-order chi connectivity index (χ1) is 27.1. The van der Waals surface area contributed by atoms with E-state index in [0.29, 0.717) is 25.7 Å². The summed E-state index contributed by atoms with van der Waals surface area (Å²) in [6, 6.07) is 0. The van der Waals surface area contributed by atoms with Crippen LogP contribution in [0.2, 0.25) is 0 Å². The van der Waals surface area contributed by atoms with Gasteiger partial charge in [-0.3, -0.25) is 19.2 Å². The molecular formula is C48H89NO8. The summed E-state index contributed by atoms with van der Waals surface area (Å²) in [7, 11) is 3.98. The van der Waals surface area contributed by atoms with Gasteiger partial charge in [-0.2, -0.15) is 0 Å². The van der Waals surface area contributed by atoms with Crippen LogP contribution in [-0.2, 0) is 38.1 Å². The third-order valence-corrected chi connectivity index (χ3v) is 12.1. The van der Waals surface area contributed by atoms with Crippen LogP contribution in [0.3, 0.4) is 0 Å². The maximum Gasteiger partial charge on any atom is 0.306 e. The number of ether oxygens (including phenoxy) is 4. The van der Waals surface area contributed by atoms with Crippen LogP contribution in [0.25, 0.3) is 0 Å². The number of carbonyl (C=O) groups excluding carboxylic acids is 4. The molecule has 9 nitrogen and oxygen atoms in total. The molecular weight excluding hydrogens is 719 g/mol. The van der Waals surface area contributed by atoms with Crippen molar-refractivity contribution in [3.05, 3.63) is 0 Å². The Labute approximate surface area is 350 Å². The second-order valence-corrected chi connectivity index (χ2v) is 19.0. The summed E-state index contributed by atoms with van der Waals surface area (Å²) in [5.41, 5.74) is -1.29. The number of carbonyl (C=O) groups is 4. The SMILES string of the molecule is CCCCCCCCCCCC(=O)OCC(COC(=O)CCCCCCCCCCC)C(C)(C)CC(C)(C)OC(=O)CC1CCC(OC(=O)CCCN(C)C)C1C. The van der Waals surface area contributed by atoms with Crippen molar-refractivity contribution < 1.29 is 38.1 Å². The second kappa shape index (κ2) is 30.8. The number of nitrogens with zero attached hydrogens (tertiary/aromatic N) is 1. The third kappa shape index (κ3) is 26.5. The van der Waals surface area contributed by atoms with E-state index < -0.39 is 11.0 Å². The number of hydrogen-bond donors (Lipinski definition) is 0. The number of unbranched alkanes of at least 4 members (excludes halogenated alkanes) is 16. The first-order valence-electron chi connectivity index (χ1n) is 23.5. The molecule has 0 spiro atoms. The fraction of sp³-hybridized carbons (Fsp3) is 0.917. The zero-order valence-corrected chi connectivity index (χ0v) is 38.5. The van der Waals surface area contributed by atoms with Crippen LogP contribution >= 0.6 is 0 Å². The Hall–Kier alpha value is -2.16. The van der Waals surface area contributed by atoms with Gasteiger partial charge < -0.3 is 23.8 Å². The highest BCUT2D eigenvalue weighted by Gasteiger charge is 2.41. The fourth-order valence-corrected chi connectivity index (χ4v) is 8.46. The Balaban J connectivity index is 2.71. The van der Waals surface area contributed by atoms with Crippen molar-refractivity contribution in [2.75, 3.05) is 33.9 Å². The van der Waals surface area contributed by atoms with Crippen LogP contribution in [0.15, 0.2) is 0 Å². The predicted octanol–water partition coefficient (Wildman–Crippen LogP) is 12.0. The lowest BCUT2D eigenvalue weighted by molar-refractivity contribution is -0.163. The Morgan fingerprint density at radius 2 is 1.04 bits per heavy atom. The third-order valence-electron chi connectivity index (χ3n) is 12.1. The van der Waals surface area contributed by atoms with Crippen LogP contribution < -0.4 is 0 Å². The average molecular weight is 808 g/mol. The van der Waals surface area contributed by atoms with Crippen LogP contribution in [-0.4, -0.2) is 74.3 Å². The zero-order chi connectivity index (χ0) is 42.5. The summed E-state index contributed by atoms with van der Waals surface area (Å²) in [5.74, 6) is -0.959. The predicted molar refractivity (Wildman–Crippen MR) is 232 cm³/mol. The van der Waals surface area contributed by atoms with Gasteiger partial charge in [-0.05, 0) is 90.3 Å². The number of hydrogen-bond acceptors (Lipinski definition) is 9. The van der Waals surface area contributed by atoms with Crippen molar-refractivity contribution >= 4 is 23.9 Å². The highest BCUT2D eigenvalue weighted by molar-refractivity contribution is 5.71. The molecule has 9 heteroatoms. The summed E-state index contributed by atoms with van der Waals surface area (Å²) in [5, 5.41) is 0. The van der Waals surface area contributed by atoms with E-state index in [1.807, 2.05) is 27.9 Å². The Morgan fingerprint density at radius 3 is 1.49 bits per heavy atom. The van der Waals surface area contributed by atoms with Crippen LogP contribution in [0.4, 0.5) is 0 Å². The van der Waals surface area contributed by atoms with Gasteiger partial charge in [-0.25, -0.2) is 0 Å². The van der Waals surface area contributed by atoms with E-state index in [0.717, 1.165) is 64.3 Å². The van der Waals surface area contributed by atoms with E-state index in [2.05, 4.69) is 39.5 Å². The Kier molecular flexibility index (Phi) is 28.6. The lowest BCUT2D eigenvalue weighted by atomic mass is 9.72. The summed E-state index contributed by atoms with van der Waals surface area (Å²) in [4.78, 5) is 53.6. The van der Waals surface area contributed by atoms with E-state index in [4.69, 9.17) is 18.9 Å². The molecule has 1 aliphatic carbocycles. The summed E-state index contributed by atoms with van der Waals surface area (Å²) in [6.45, 7) is 15.7. The molecule has 0 aliphatic heterocycles. The maximum atomic E-state index is 13.4. The van der Waals surface area contributed by atoms with Gasteiger partial charge in [-0.1, -0.05) is 137 Å². The molecule has 1 rings (SSSR count). The van der Waals surface area contributed by atoms with Crippen molar-refractivity contribution in [1.29, 1.82) is 0 Å². The van der Waals surface area contributed by atoms with Crippen molar-refractivity contribution in [1.82, 2.24) is 4.90 Å². The molecule has 1 saturated carbocycles. The lowest BCUT2D eigenvalue weighted by Gasteiger charge is -2.39. The first-order valence-corrected chi connectivity index (χ1v) is 23.5. The summed E-state index contributed by atoms with van der Waals surface area (Å²) < 4.78 is 23.6. The molecule has 0 heterocycles. The highest BCUT2D eigenvalue weighted by Crippen LogP contribution is 2.40. The van der Waals surface area contributed by atoms with Gasteiger partial charge in [0.05, 0.1) is 13.2 Å². The van der Waals surface area contributed by atoms with Crippen molar-refractivity contribution in [3.8, 4) is 0 Å². The zero-order valence-electron chi connectivity index (χ0n) is 38.5. The van der Waals surface area contributed by atoms with Gasteiger partial charge in [0.15, 0.2) is 0 Å². The smallest absolute Gasteiger partial charge is 0.306 e. The second-order valence-electron chi connectivity index (χ2n) is 19.0. The minimum Gasteiger partial charge on any atom is -0.465 e. The van der Waals surface area contributed by atoms with Gasteiger partial charge in [0.2, 0.25) is 0 Å². The molecule has 57 heavy (non-hydrogen) atoms. The molecule has 0 saturated heterocycles. The van der Waals surface area contributed by atoms with E-state index in [-0.39, 0.29) is 67.4 Å². The summed E-state index contributed by atoms with van der Waals surface area (Å²) >= 11 is 0. The largest absolute Gasteiger partial charge is 0.465 e. The van der Waals surface area contributed by atoms with E-state index in [1.54, 1.807) is 0 Å². The normalized spacial score (nSPS) is 17.3. The van der Waals surface area contributed by atoms with Gasteiger partial charge >= 0.3 is 23.9 Å². The van der Waals surface area contributed by atoms with Crippen LogP contribution in [0, 0.1) is 23.2 Å². The van der Waals surface area contributed by atoms with Gasteiger partial charge in [-0.15, -0.1) is 0 Å². The molecule has 0 bridgehead atoms. The Morgan fingerprint density at radius 1 is 0.596 bits per heavy atom. The molecule has 0 N–H and O–H groups in total. The molecule has 1 fully saturated rings. The Bertz CT molecular complexity index is 1050. The molecule has 0 amide bonds. The fourth-order valence-electron chi connectivity index (χ4n) is 8.46. The quantitative estimate of drug-likeness (QED) is 0.0351. The molecule has 3 atom stereocenters. The minimum absolute atomic E-state index is 0.0785. The monoisotopic (exact) mass is 808 g/mol. The lowest BCUT2D eigenvalue weighted by Crippen LogP contribution is -2.41. The molecule has 334 valence electrons. The molecule has 3 unspecified atom stereocenters. The van der Waals surface area contributed by atoms with Crippen molar-refractivity contribution in [3.63, 3.8) is 0 Å². The maximum absolute atomic E-state index is 13.4. The highest BCUT2D eigenvalue weighted by atomic mass is 16.6. The van der Waals surface area contributed by atoms with Crippen LogP contribution in [0.1, 0.15) is 215 Å². The van der Waals surface area contributed by atoms with Crippen molar-refractivity contribution in [2.45, 2.75) is 227 Å². The summed E-state index contributed by atoms with van der Waals surface area (Å²) in [6.07, 6.45) is 25.4. The van der Waals surface area contributed by atoms with Gasteiger partial charge in [0.25, 0.3) is 0 Å². The minimum atomic E-state index is -0.805. The van der Waals surface area contributed by atoms with Gasteiger partial charge in [0, 0.05) is 31.6 Å². The molecule has 0 radical (unpaired) electrons. The van der Waals surface area contributed by atoms with Crippen molar-refractivity contribution in [2.24, 2.45) is 23.2 Å². The van der Waals surface area contributed by atoms with Gasteiger partial charge in [0.1, 0.15) is 11.7 Å². The van der Waals surface area contributed by atoms with E-state index >= 15 is 0 Å². The standard InChI is InChI=1S/C48H89NO8/c1-10-12-14-16-18-20-22-24-26-29-43(50)54-36-41(37-55-44(51)30-27-25-23-21-19-17-15-13-11-2)47(4,5)38-48(6,7)57-46(53)35-40-32-33-42(39(40)3)56-45(52)31-28-34-49(8)9/h39-42H,10-38H2,1-9H3. The molecule has 0 aromatic rings. The topological polar surface area (TPSA) is 108 Å². The first kappa shape index (κ1) is 52.9. The molecule has 0 aromatic heterocycles.